The summed E-state index contributed by atoms with van der Waals surface area (Å²) in [4.78, 5) is 0. The Kier molecular flexibility index (Phi) is 4.15. The minimum absolute atomic E-state index is 0.517. The fourth-order valence-electron chi connectivity index (χ4n) is 7.63. The van der Waals surface area contributed by atoms with E-state index in [9.17, 15) is 0 Å². The first kappa shape index (κ1) is 16.2. The molecule has 4 aliphatic rings. The van der Waals surface area contributed by atoms with Gasteiger partial charge < -0.3 is 4.74 Å². The molecule has 23 heavy (non-hydrogen) atoms. The van der Waals surface area contributed by atoms with Crippen LogP contribution < -0.4 is 0 Å². The van der Waals surface area contributed by atoms with Crippen LogP contribution in [0, 0.1) is 40.9 Å². The van der Waals surface area contributed by atoms with Crippen LogP contribution >= 0.6 is 0 Å². The molecule has 4 fully saturated rings. The molecule has 0 saturated heterocycles. The Bertz CT molecular complexity index is 480. The van der Waals surface area contributed by atoms with E-state index in [0.29, 0.717) is 11.5 Å². The molecular weight excluding hydrogens is 280 g/mol. The molecule has 0 aliphatic heterocycles. The van der Waals surface area contributed by atoms with Crippen molar-refractivity contribution in [2.24, 2.45) is 40.9 Å². The summed E-state index contributed by atoms with van der Waals surface area (Å²) in [5, 5.41) is 0. The summed E-state index contributed by atoms with van der Waals surface area (Å²) in [6, 6.07) is 0. The zero-order valence-corrected chi connectivity index (χ0v) is 15.7. The molecule has 0 aromatic rings. The summed E-state index contributed by atoms with van der Waals surface area (Å²) in [6.45, 7) is 7.32. The van der Waals surface area contributed by atoms with Crippen LogP contribution in [0.3, 0.4) is 0 Å². The third-order valence-electron chi connectivity index (χ3n) is 8.74. The van der Waals surface area contributed by atoms with Crippen molar-refractivity contribution in [3.05, 3.63) is 11.6 Å². The van der Waals surface area contributed by atoms with E-state index in [4.69, 9.17) is 4.74 Å². The smallest absolute Gasteiger partial charge is 0.0605 e. The molecule has 4 saturated carbocycles. The van der Waals surface area contributed by atoms with Gasteiger partial charge >= 0.3 is 0 Å². The molecule has 1 heteroatoms. The molecule has 8 unspecified atom stereocenters. The average Bonchev–Trinajstić information content (AvgIpc) is 2.90. The van der Waals surface area contributed by atoms with Gasteiger partial charge in [-0.2, -0.15) is 0 Å². The van der Waals surface area contributed by atoms with Crippen molar-refractivity contribution in [2.45, 2.75) is 78.2 Å². The quantitative estimate of drug-likeness (QED) is 0.552. The number of allylic oxidation sites excluding steroid dienone is 2. The summed E-state index contributed by atoms with van der Waals surface area (Å²) in [5.41, 5.74) is 2.29. The number of ether oxygens (including phenoxy) is 1. The molecule has 1 nitrogen and oxygen atoms in total. The maximum absolute atomic E-state index is 6.08. The van der Waals surface area contributed by atoms with E-state index in [1.54, 1.807) is 5.57 Å². The van der Waals surface area contributed by atoms with Crippen molar-refractivity contribution in [1.29, 1.82) is 0 Å². The van der Waals surface area contributed by atoms with Gasteiger partial charge in [0.1, 0.15) is 0 Å². The summed E-state index contributed by atoms with van der Waals surface area (Å²) in [6.07, 6.45) is 14.5. The number of methoxy groups -OCH3 is 1. The van der Waals surface area contributed by atoms with Gasteiger partial charge in [0.05, 0.1) is 6.10 Å². The van der Waals surface area contributed by atoms with Crippen LogP contribution in [0.25, 0.3) is 0 Å². The third kappa shape index (κ3) is 2.36. The van der Waals surface area contributed by atoms with Crippen molar-refractivity contribution in [3.8, 4) is 0 Å². The Hall–Kier alpha value is -0.300. The van der Waals surface area contributed by atoms with Gasteiger partial charge in [-0.15, -0.1) is 0 Å². The van der Waals surface area contributed by atoms with E-state index in [1.807, 2.05) is 7.11 Å². The third-order valence-corrected chi connectivity index (χ3v) is 8.74. The zero-order chi connectivity index (χ0) is 16.2. The maximum Gasteiger partial charge on any atom is 0.0605 e. The van der Waals surface area contributed by atoms with Gasteiger partial charge in [-0.25, -0.2) is 0 Å². The van der Waals surface area contributed by atoms with E-state index in [0.717, 1.165) is 35.5 Å². The second kappa shape index (κ2) is 5.90. The van der Waals surface area contributed by atoms with Gasteiger partial charge in [0, 0.05) is 7.11 Å². The van der Waals surface area contributed by atoms with Crippen LogP contribution in [-0.4, -0.2) is 13.2 Å². The van der Waals surface area contributed by atoms with E-state index in [1.165, 1.54) is 51.4 Å². The predicted molar refractivity (Wildman–Crippen MR) is 96.2 cm³/mol. The standard InChI is InChI=1S/C22H36O/c1-5-15-7-9-20-18-13-21(23-4)19-12-14(2)6-8-16(19)17(18)10-11-22(15,20)3/h5,14,16-21H,6-13H2,1-4H3/b15-5-. The Labute approximate surface area is 143 Å². The van der Waals surface area contributed by atoms with Gasteiger partial charge in [-0.3, -0.25) is 0 Å². The second-order valence-corrected chi connectivity index (χ2v) is 9.50. The van der Waals surface area contributed by atoms with Gasteiger partial charge in [-0.1, -0.05) is 31.9 Å². The van der Waals surface area contributed by atoms with Crippen LogP contribution in [0.1, 0.15) is 72.1 Å². The number of rotatable bonds is 1. The van der Waals surface area contributed by atoms with Crippen LogP contribution in [-0.2, 0) is 4.74 Å². The highest BCUT2D eigenvalue weighted by atomic mass is 16.5. The minimum Gasteiger partial charge on any atom is -0.381 e. The van der Waals surface area contributed by atoms with Crippen molar-refractivity contribution >= 4 is 0 Å². The number of fused-ring (bicyclic) bond motifs is 5. The van der Waals surface area contributed by atoms with Crippen molar-refractivity contribution in [1.82, 2.24) is 0 Å². The molecule has 130 valence electrons. The highest BCUT2D eigenvalue weighted by Gasteiger charge is 2.56. The summed E-state index contributed by atoms with van der Waals surface area (Å²) in [7, 11) is 1.98. The fraction of sp³-hybridized carbons (Fsp3) is 0.909. The molecule has 0 spiro atoms. The van der Waals surface area contributed by atoms with E-state index >= 15 is 0 Å². The highest BCUT2D eigenvalue weighted by molar-refractivity contribution is 5.23. The molecule has 0 heterocycles. The lowest BCUT2D eigenvalue weighted by atomic mass is 9.49. The lowest BCUT2D eigenvalue weighted by Gasteiger charge is -2.57. The fourth-order valence-corrected chi connectivity index (χ4v) is 7.63. The van der Waals surface area contributed by atoms with Crippen molar-refractivity contribution < 1.29 is 4.74 Å². The molecule has 0 aromatic heterocycles. The first-order valence-electron chi connectivity index (χ1n) is 10.3. The van der Waals surface area contributed by atoms with Gasteiger partial charge in [0.15, 0.2) is 0 Å². The molecule has 0 N–H and O–H groups in total. The van der Waals surface area contributed by atoms with Gasteiger partial charge in [0.2, 0.25) is 0 Å². The first-order chi connectivity index (χ1) is 11.1. The van der Waals surface area contributed by atoms with Crippen molar-refractivity contribution in [2.75, 3.05) is 7.11 Å². The molecule has 0 amide bonds. The Morgan fingerprint density at radius 3 is 2.52 bits per heavy atom. The lowest BCUT2D eigenvalue weighted by molar-refractivity contribution is -0.119. The van der Waals surface area contributed by atoms with Gasteiger partial charge in [0.25, 0.3) is 0 Å². The summed E-state index contributed by atoms with van der Waals surface area (Å²) >= 11 is 0. The van der Waals surface area contributed by atoms with Crippen molar-refractivity contribution in [3.63, 3.8) is 0 Å². The number of hydrogen-bond acceptors (Lipinski definition) is 1. The zero-order valence-electron chi connectivity index (χ0n) is 15.7. The van der Waals surface area contributed by atoms with Crippen LogP contribution in [0.2, 0.25) is 0 Å². The average molecular weight is 317 g/mol. The topological polar surface area (TPSA) is 9.23 Å². The largest absolute Gasteiger partial charge is 0.381 e. The highest BCUT2D eigenvalue weighted by Crippen LogP contribution is 2.64. The second-order valence-electron chi connectivity index (χ2n) is 9.50. The molecule has 0 radical (unpaired) electrons. The van der Waals surface area contributed by atoms with E-state index < -0.39 is 0 Å². The predicted octanol–water partition coefficient (Wildman–Crippen LogP) is 5.85. The molecule has 4 aliphatic carbocycles. The van der Waals surface area contributed by atoms with Crippen LogP contribution in [0.5, 0.6) is 0 Å². The molecule has 8 atom stereocenters. The Morgan fingerprint density at radius 1 is 1.00 bits per heavy atom. The normalized spacial score (nSPS) is 54.4. The molecular formula is C22H36O. The molecule has 0 aromatic carbocycles. The van der Waals surface area contributed by atoms with Crippen LogP contribution in [0.15, 0.2) is 11.6 Å². The number of hydrogen-bond donors (Lipinski definition) is 0. The van der Waals surface area contributed by atoms with Crippen LogP contribution in [0.4, 0.5) is 0 Å². The maximum atomic E-state index is 6.08. The lowest BCUT2D eigenvalue weighted by Crippen LogP contribution is -2.52. The Balaban J connectivity index is 1.63. The minimum atomic E-state index is 0.517. The van der Waals surface area contributed by atoms with Gasteiger partial charge in [-0.05, 0) is 92.8 Å². The molecule has 0 bridgehead atoms. The summed E-state index contributed by atoms with van der Waals surface area (Å²) < 4.78 is 6.08. The SMILES string of the molecule is C/C=C1/CCC2C3CC(OC)C4CC(C)CCC4C3CCC12C. The first-order valence-corrected chi connectivity index (χ1v) is 10.3. The monoisotopic (exact) mass is 316 g/mol. The van der Waals surface area contributed by atoms with E-state index in [2.05, 4.69) is 26.8 Å². The summed E-state index contributed by atoms with van der Waals surface area (Å²) in [5.74, 6) is 5.62. The Morgan fingerprint density at radius 2 is 1.78 bits per heavy atom. The van der Waals surface area contributed by atoms with E-state index in [-0.39, 0.29) is 0 Å². The molecule has 4 rings (SSSR count).